The van der Waals surface area contributed by atoms with Gasteiger partial charge in [0.05, 0.1) is 51.0 Å². The number of pyridine rings is 2. The monoisotopic (exact) mass is 1260 g/mol. The van der Waals surface area contributed by atoms with Crippen LogP contribution in [0.15, 0.2) is 85.7 Å². The maximum absolute atomic E-state index is 7.15. The zero-order valence-corrected chi connectivity index (χ0v) is 59.8. The molecule has 506 valence electrons. The summed E-state index contributed by atoms with van der Waals surface area (Å²) in [6, 6.07) is 23.2. The number of unbranched alkanes of at least 4 members (excludes halogenated alkanes) is 6. The van der Waals surface area contributed by atoms with Gasteiger partial charge in [-0.2, -0.15) is 0 Å². The molecule has 6 unspecified atom stereocenters. The molecule has 0 saturated heterocycles. The van der Waals surface area contributed by atoms with E-state index in [2.05, 4.69) is 174 Å². The minimum Gasteiger partial charge on any atom is -0.493 e. The molecule has 5 aromatic rings. The molecule has 6 atom stereocenters. The van der Waals surface area contributed by atoms with Crippen molar-refractivity contribution in [1.82, 2.24) is 9.97 Å². The van der Waals surface area contributed by atoms with Crippen LogP contribution in [-0.2, 0) is 0 Å². The van der Waals surface area contributed by atoms with Crippen LogP contribution in [0.3, 0.4) is 0 Å². The maximum Gasteiger partial charge on any atom is 0.127 e. The molecule has 0 fully saturated rings. The second kappa shape index (κ2) is 45.1. The summed E-state index contributed by atoms with van der Waals surface area (Å²) in [7, 11) is 0. The van der Waals surface area contributed by atoms with Crippen molar-refractivity contribution in [2.75, 3.05) is 39.6 Å². The van der Waals surface area contributed by atoms with Crippen LogP contribution >= 0.6 is 0 Å². The molecule has 3 aromatic carbocycles. The maximum atomic E-state index is 7.15. The van der Waals surface area contributed by atoms with Gasteiger partial charge in [-0.15, -0.1) is 0 Å². The summed E-state index contributed by atoms with van der Waals surface area (Å²) in [6.07, 6.45) is 46.0. The van der Waals surface area contributed by atoms with Gasteiger partial charge in [0, 0.05) is 45.8 Å². The molecular formula is C84H124N2O6. The van der Waals surface area contributed by atoms with Crippen molar-refractivity contribution in [1.29, 1.82) is 0 Å². The van der Waals surface area contributed by atoms with Crippen LogP contribution in [-0.4, -0.2) is 49.6 Å². The highest BCUT2D eigenvalue weighted by molar-refractivity contribution is 5.83. The Labute approximate surface area is 560 Å². The largest absolute Gasteiger partial charge is 0.493 e. The first-order valence-corrected chi connectivity index (χ1v) is 36.9. The molecule has 5 rings (SSSR count). The Bertz CT molecular complexity index is 2890. The topological polar surface area (TPSA) is 81.2 Å². The Morgan fingerprint density at radius 3 is 0.837 bits per heavy atom. The first-order chi connectivity index (χ1) is 45.0. The predicted octanol–water partition coefficient (Wildman–Crippen LogP) is 24.9. The molecule has 0 saturated carbocycles. The highest BCUT2D eigenvalue weighted by Crippen LogP contribution is 2.39. The number of aromatic nitrogens is 2. The summed E-state index contributed by atoms with van der Waals surface area (Å²) in [5.41, 5.74) is 8.40. The van der Waals surface area contributed by atoms with Crippen LogP contribution in [0.2, 0.25) is 0 Å². The molecule has 0 N–H and O–H groups in total. The molecule has 0 bridgehead atoms. The van der Waals surface area contributed by atoms with Crippen LogP contribution in [0.25, 0.3) is 53.9 Å². The SMILES string of the molecule is C=Cc1cc(OCC(CC)CCCC)c(/C=C/c2cc(OCC(CC)CCCC)c(/C=C/c3cc(OCC(CC)CCCC)c(/C=C/c4ccc(-c5ccccn5)nc4)cc3OCC(CC)CCCC)cc2OCC(CC)CCCC)cc1OCC(CC)CCCC. The number of hydrogen-bond acceptors (Lipinski definition) is 8. The van der Waals surface area contributed by atoms with Crippen molar-refractivity contribution < 1.29 is 28.4 Å². The molecule has 8 heteroatoms. The van der Waals surface area contributed by atoms with E-state index >= 15 is 0 Å². The van der Waals surface area contributed by atoms with E-state index in [0.717, 1.165) is 188 Å². The van der Waals surface area contributed by atoms with Crippen molar-refractivity contribution in [3.63, 3.8) is 0 Å². The van der Waals surface area contributed by atoms with Gasteiger partial charge in [0.25, 0.3) is 0 Å². The van der Waals surface area contributed by atoms with Gasteiger partial charge in [-0.05, 0) is 134 Å². The lowest BCUT2D eigenvalue weighted by Crippen LogP contribution is -2.14. The average molecular weight is 1260 g/mol. The van der Waals surface area contributed by atoms with Crippen molar-refractivity contribution in [2.45, 2.75) is 237 Å². The van der Waals surface area contributed by atoms with Crippen molar-refractivity contribution >= 4 is 42.5 Å². The fraction of sp³-hybridized carbons (Fsp3) is 0.571. The molecule has 2 heterocycles. The quantitative estimate of drug-likeness (QED) is 0.0356. The van der Waals surface area contributed by atoms with Gasteiger partial charge in [-0.1, -0.05) is 260 Å². The van der Waals surface area contributed by atoms with Crippen LogP contribution in [0.5, 0.6) is 34.5 Å². The van der Waals surface area contributed by atoms with Gasteiger partial charge >= 0.3 is 0 Å². The normalized spacial score (nSPS) is 13.7. The van der Waals surface area contributed by atoms with E-state index in [1.54, 1.807) is 0 Å². The summed E-state index contributed by atoms with van der Waals surface area (Å²) in [5, 5.41) is 0. The van der Waals surface area contributed by atoms with Gasteiger partial charge in [-0.25, -0.2) is 0 Å². The van der Waals surface area contributed by atoms with E-state index in [-0.39, 0.29) is 0 Å². The highest BCUT2D eigenvalue weighted by atomic mass is 16.5. The smallest absolute Gasteiger partial charge is 0.127 e. The second-order valence-electron chi connectivity index (χ2n) is 26.0. The average Bonchev–Trinajstić information content (AvgIpc) is 0.865. The zero-order valence-electron chi connectivity index (χ0n) is 59.8. The molecule has 8 nitrogen and oxygen atoms in total. The van der Waals surface area contributed by atoms with E-state index in [1.807, 2.05) is 42.7 Å². The van der Waals surface area contributed by atoms with E-state index in [9.17, 15) is 0 Å². The summed E-state index contributed by atoms with van der Waals surface area (Å²) < 4.78 is 42.0. The van der Waals surface area contributed by atoms with Crippen LogP contribution in [0.4, 0.5) is 0 Å². The Morgan fingerprint density at radius 2 is 0.598 bits per heavy atom. The van der Waals surface area contributed by atoms with E-state index in [0.29, 0.717) is 75.1 Å². The number of nitrogens with zero attached hydrogens (tertiary/aromatic N) is 2. The minimum atomic E-state index is 0.420. The minimum absolute atomic E-state index is 0.420. The Morgan fingerprint density at radius 1 is 0.326 bits per heavy atom. The number of ether oxygens (including phenoxy) is 6. The summed E-state index contributed by atoms with van der Waals surface area (Å²) in [5.74, 6) is 7.61. The standard InChI is InChI=1S/C84H124N2O6/c1-14-27-35-64(20-7)58-87-79-52-73(80(51-71(79)26-13)88-59-65(21-8)36-28-15-2)45-46-75-55-84(92-63-69(25-12)40-32-19-6)76(56-83(75)91-62-68(24-11)39-31-18-5)48-47-74-54-81(89-60-66(22-9)37-29-16-3)72(53-82(74)90-61-67(23-10)38-30-17-4)44-42-70-43-49-78(86-57-70)77-41-33-34-50-85-77/h26,33-34,41-57,64-69H,13-25,27-32,35-40,58-63H2,1-12H3/b44-42+,46-45+,48-47+. The third-order valence-corrected chi connectivity index (χ3v) is 18.8. The molecular weight excluding hydrogens is 1130 g/mol. The van der Waals surface area contributed by atoms with E-state index in [1.165, 1.54) is 51.4 Å². The summed E-state index contributed by atoms with van der Waals surface area (Å²) in [4.78, 5) is 9.35. The number of hydrogen-bond donors (Lipinski definition) is 0. The predicted molar refractivity (Wildman–Crippen MR) is 396 cm³/mol. The molecule has 0 aliphatic heterocycles. The second-order valence-corrected chi connectivity index (χ2v) is 26.0. The van der Waals surface area contributed by atoms with E-state index < -0.39 is 0 Å². The van der Waals surface area contributed by atoms with Crippen molar-refractivity contribution in [2.24, 2.45) is 35.5 Å². The van der Waals surface area contributed by atoms with Gasteiger partial charge in [0.15, 0.2) is 0 Å². The highest BCUT2D eigenvalue weighted by Gasteiger charge is 2.20. The van der Waals surface area contributed by atoms with Gasteiger partial charge in [0.2, 0.25) is 0 Å². The summed E-state index contributed by atoms with van der Waals surface area (Å²) >= 11 is 0. The van der Waals surface area contributed by atoms with Crippen LogP contribution < -0.4 is 28.4 Å². The lowest BCUT2D eigenvalue weighted by molar-refractivity contribution is 0.227. The molecule has 0 aliphatic carbocycles. The third-order valence-electron chi connectivity index (χ3n) is 18.8. The number of benzene rings is 3. The molecule has 0 aliphatic rings. The lowest BCUT2D eigenvalue weighted by Gasteiger charge is -2.21. The van der Waals surface area contributed by atoms with Crippen LogP contribution in [0.1, 0.15) is 276 Å². The lowest BCUT2D eigenvalue weighted by atomic mass is 9.99. The van der Waals surface area contributed by atoms with Crippen molar-refractivity contribution in [3.8, 4) is 45.9 Å². The Hall–Kier alpha value is -6.28. The number of rotatable bonds is 50. The Kier molecular flexibility index (Phi) is 37.5. The molecule has 0 spiro atoms. The molecule has 92 heavy (non-hydrogen) atoms. The van der Waals surface area contributed by atoms with Crippen molar-refractivity contribution in [3.05, 3.63) is 125 Å². The fourth-order valence-corrected chi connectivity index (χ4v) is 11.7. The zero-order chi connectivity index (χ0) is 66.1. The van der Waals surface area contributed by atoms with Gasteiger partial charge in [-0.3, -0.25) is 9.97 Å². The molecule has 0 amide bonds. The summed E-state index contributed by atoms with van der Waals surface area (Å²) in [6.45, 7) is 35.4. The first kappa shape index (κ1) is 76.4. The first-order valence-electron chi connectivity index (χ1n) is 36.9. The molecule has 2 aromatic heterocycles. The van der Waals surface area contributed by atoms with Gasteiger partial charge < -0.3 is 28.4 Å². The Balaban J connectivity index is 1.75. The van der Waals surface area contributed by atoms with Crippen LogP contribution in [0, 0.1) is 35.5 Å². The van der Waals surface area contributed by atoms with E-state index in [4.69, 9.17) is 33.4 Å². The fourth-order valence-electron chi connectivity index (χ4n) is 11.7. The molecule has 0 radical (unpaired) electrons. The third kappa shape index (κ3) is 26.6. The van der Waals surface area contributed by atoms with Gasteiger partial charge in [0.1, 0.15) is 34.5 Å².